The van der Waals surface area contributed by atoms with Crippen LogP contribution in [0.1, 0.15) is 50.2 Å². The van der Waals surface area contributed by atoms with E-state index in [0.29, 0.717) is 34.6 Å². The van der Waals surface area contributed by atoms with Gasteiger partial charge in [-0.2, -0.15) is 4.98 Å². The molecule has 30 heavy (non-hydrogen) atoms. The Kier molecular flexibility index (Phi) is 5.82. The fraction of sp³-hybridized carbons (Fsp3) is 0.375. The van der Waals surface area contributed by atoms with Crippen LogP contribution in [0.15, 0.2) is 40.9 Å². The highest BCUT2D eigenvalue weighted by molar-refractivity contribution is 5.70. The van der Waals surface area contributed by atoms with Crippen LogP contribution in [-0.2, 0) is 6.42 Å². The minimum Gasteiger partial charge on any atom is -0.502 e. The van der Waals surface area contributed by atoms with E-state index in [1.807, 2.05) is 32.0 Å². The van der Waals surface area contributed by atoms with Crippen LogP contribution in [0.5, 0.6) is 5.75 Å². The van der Waals surface area contributed by atoms with E-state index in [0.717, 1.165) is 31.2 Å². The van der Waals surface area contributed by atoms with E-state index in [1.54, 1.807) is 12.1 Å². The van der Waals surface area contributed by atoms with Crippen LogP contribution in [0.25, 0.3) is 27.7 Å². The first-order valence-electron chi connectivity index (χ1n) is 10.4. The van der Waals surface area contributed by atoms with Gasteiger partial charge in [0.05, 0.1) is 12.7 Å². The number of hydrogen-bond acceptors (Lipinski definition) is 5. The molecule has 1 N–H and O–H groups in total. The van der Waals surface area contributed by atoms with Gasteiger partial charge < -0.3 is 14.4 Å². The molecule has 4 rings (SSSR count). The van der Waals surface area contributed by atoms with Crippen molar-refractivity contribution in [3.8, 4) is 28.6 Å². The van der Waals surface area contributed by atoms with Gasteiger partial charge in [0.2, 0.25) is 11.5 Å². The van der Waals surface area contributed by atoms with Crippen molar-refractivity contribution in [1.82, 2.24) is 10.1 Å². The third-order valence-corrected chi connectivity index (χ3v) is 5.46. The lowest BCUT2D eigenvalue weighted by Crippen LogP contribution is -2.05. The first kappa shape index (κ1) is 20.1. The number of fused-ring (bicyclic) bond motifs is 1. The van der Waals surface area contributed by atoms with Gasteiger partial charge in [0.25, 0.3) is 5.89 Å². The summed E-state index contributed by atoms with van der Waals surface area (Å²) in [5.74, 6) is 1.99. The molecular weight excluding hydrogens is 378 g/mol. The number of aliphatic hydroxyl groups excluding tert-OH is 1. The molecule has 0 bridgehead atoms. The zero-order valence-corrected chi connectivity index (χ0v) is 17.3. The summed E-state index contributed by atoms with van der Waals surface area (Å²) in [5.41, 5.74) is 4.73. The fourth-order valence-electron chi connectivity index (χ4n) is 4.13. The summed E-state index contributed by atoms with van der Waals surface area (Å²) in [5, 5.41) is 13.4. The van der Waals surface area contributed by atoms with E-state index in [2.05, 4.69) is 21.1 Å². The Morgan fingerprint density at radius 3 is 2.93 bits per heavy atom. The number of aliphatic hydroxyl groups is 1. The van der Waals surface area contributed by atoms with Crippen molar-refractivity contribution in [1.29, 1.82) is 0 Å². The monoisotopic (exact) mass is 403 g/mol. The standard InChI is InChI=1S/C24H25N3O3/c1-15(2)29-22-12-10-17(14-21(22)25-3)24-26-23(27-30-24)20-8-4-7-18-16(6-5-13-28)9-11-19(18)20/h4,7-8,10,12,14-16,28H,5-6,9,11,13H2,1-2H3/t16-/m0/s1. The van der Waals surface area contributed by atoms with Crippen LogP contribution in [0.2, 0.25) is 0 Å². The van der Waals surface area contributed by atoms with Crippen LogP contribution in [0.3, 0.4) is 0 Å². The SMILES string of the molecule is [C-]#[N+]c1cc(-c2nc(-c3cccc4c3CC[C@@H]4CCCO)no2)ccc1OC(C)C. The Labute approximate surface area is 176 Å². The second kappa shape index (κ2) is 8.68. The van der Waals surface area contributed by atoms with Gasteiger partial charge in [-0.25, -0.2) is 4.85 Å². The lowest BCUT2D eigenvalue weighted by atomic mass is 9.95. The number of rotatable bonds is 7. The van der Waals surface area contributed by atoms with Crippen molar-refractivity contribution in [3.05, 3.63) is 58.9 Å². The number of hydrogen-bond donors (Lipinski definition) is 1. The first-order chi connectivity index (χ1) is 14.6. The molecule has 0 radical (unpaired) electrons. The smallest absolute Gasteiger partial charge is 0.256 e. The molecule has 1 aliphatic rings. The molecule has 154 valence electrons. The van der Waals surface area contributed by atoms with E-state index in [4.69, 9.17) is 20.9 Å². The normalized spacial score (nSPS) is 15.2. The number of aromatic nitrogens is 2. The molecule has 6 heteroatoms. The fourth-order valence-corrected chi connectivity index (χ4v) is 4.13. The molecule has 1 heterocycles. The lowest BCUT2D eigenvalue weighted by Gasteiger charge is -2.11. The first-order valence-corrected chi connectivity index (χ1v) is 10.4. The maximum Gasteiger partial charge on any atom is 0.256 e. The molecule has 1 atom stereocenters. The molecule has 1 aromatic heterocycles. The molecule has 0 aliphatic heterocycles. The van der Waals surface area contributed by atoms with Crippen LogP contribution in [0, 0.1) is 6.57 Å². The number of nitrogens with zero attached hydrogens (tertiary/aromatic N) is 3. The van der Waals surface area contributed by atoms with E-state index in [-0.39, 0.29) is 12.7 Å². The molecule has 2 aromatic carbocycles. The maximum atomic E-state index is 9.16. The molecule has 0 amide bonds. The molecule has 6 nitrogen and oxygen atoms in total. The zero-order valence-electron chi connectivity index (χ0n) is 17.3. The lowest BCUT2D eigenvalue weighted by molar-refractivity contribution is 0.244. The van der Waals surface area contributed by atoms with Gasteiger partial charge in [-0.15, -0.1) is 0 Å². The molecule has 0 saturated heterocycles. The second-order valence-corrected chi connectivity index (χ2v) is 7.86. The highest BCUT2D eigenvalue weighted by atomic mass is 16.5. The van der Waals surface area contributed by atoms with Crippen LogP contribution in [-0.4, -0.2) is 28.0 Å². The minimum atomic E-state index is -0.00673. The van der Waals surface area contributed by atoms with Crippen molar-refractivity contribution < 1.29 is 14.4 Å². The minimum absolute atomic E-state index is 0.00673. The second-order valence-electron chi connectivity index (χ2n) is 7.86. The molecule has 1 aliphatic carbocycles. The maximum absolute atomic E-state index is 9.16. The molecule has 3 aromatic rings. The van der Waals surface area contributed by atoms with Crippen molar-refractivity contribution in [2.75, 3.05) is 6.61 Å². The van der Waals surface area contributed by atoms with Gasteiger partial charge in [-0.3, -0.25) is 0 Å². The Morgan fingerprint density at radius 2 is 2.17 bits per heavy atom. The summed E-state index contributed by atoms with van der Waals surface area (Å²) in [6.07, 6.45) is 3.87. The quantitative estimate of drug-likeness (QED) is 0.524. The Balaban J connectivity index is 1.63. The summed E-state index contributed by atoms with van der Waals surface area (Å²) < 4.78 is 11.2. The van der Waals surface area contributed by atoms with Crippen molar-refractivity contribution in [3.63, 3.8) is 0 Å². The summed E-state index contributed by atoms with van der Waals surface area (Å²) >= 11 is 0. The van der Waals surface area contributed by atoms with Crippen LogP contribution < -0.4 is 4.74 Å². The Hall–Kier alpha value is -3.17. The molecule has 0 spiro atoms. The third-order valence-electron chi connectivity index (χ3n) is 5.46. The predicted octanol–water partition coefficient (Wildman–Crippen LogP) is 5.54. The van der Waals surface area contributed by atoms with E-state index < -0.39 is 0 Å². The summed E-state index contributed by atoms with van der Waals surface area (Å²) in [4.78, 5) is 8.19. The van der Waals surface area contributed by atoms with Crippen LogP contribution in [0.4, 0.5) is 5.69 Å². The zero-order chi connectivity index (χ0) is 21.1. The number of benzene rings is 2. The van der Waals surface area contributed by atoms with Gasteiger partial charge in [-0.1, -0.05) is 23.4 Å². The van der Waals surface area contributed by atoms with Crippen molar-refractivity contribution >= 4 is 5.69 Å². The van der Waals surface area contributed by atoms with Gasteiger partial charge in [0, 0.05) is 17.7 Å². The molecule has 0 fully saturated rings. The van der Waals surface area contributed by atoms with Gasteiger partial charge in [-0.05, 0) is 74.8 Å². The van der Waals surface area contributed by atoms with Gasteiger partial charge in [0.1, 0.15) is 5.75 Å². The highest BCUT2D eigenvalue weighted by Gasteiger charge is 2.26. The molecule has 0 unspecified atom stereocenters. The predicted molar refractivity (Wildman–Crippen MR) is 115 cm³/mol. The summed E-state index contributed by atoms with van der Waals surface area (Å²) in [7, 11) is 0. The number of ether oxygens (including phenoxy) is 1. The Bertz CT molecular complexity index is 1080. The van der Waals surface area contributed by atoms with Crippen LogP contribution >= 0.6 is 0 Å². The summed E-state index contributed by atoms with van der Waals surface area (Å²) in [6.45, 7) is 11.5. The van der Waals surface area contributed by atoms with Crippen molar-refractivity contribution in [2.24, 2.45) is 0 Å². The highest BCUT2D eigenvalue weighted by Crippen LogP contribution is 2.41. The average molecular weight is 403 g/mol. The average Bonchev–Trinajstić information content (AvgIpc) is 3.39. The third kappa shape index (κ3) is 3.94. The van der Waals surface area contributed by atoms with Gasteiger partial charge in [0.15, 0.2) is 0 Å². The van der Waals surface area contributed by atoms with E-state index >= 15 is 0 Å². The molecular formula is C24H25N3O3. The van der Waals surface area contributed by atoms with E-state index in [9.17, 15) is 0 Å². The van der Waals surface area contributed by atoms with E-state index in [1.165, 1.54) is 11.1 Å². The van der Waals surface area contributed by atoms with Crippen molar-refractivity contribution in [2.45, 2.75) is 51.6 Å². The van der Waals surface area contributed by atoms with Gasteiger partial charge >= 0.3 is 0 Å². The topological polar surface area (TPSA) is 72.7 Å². The summed E-state index contributed by atoms with van der Waals surface area (Å²) in [6, 6.07) is 11.6. The largest absolute Gasteiger partial charge is 0.502 e. The molecule has 0 saturated carbocycles. The Morgan fingerprint density at radius 1 is 1.30 bits per heavy atom.